The SMILES string of the molecule is COc1ccc(OC)c(NC(N)=NCc2ccc(Br)cc2C)c1. The highest BCUT2D eigenvalue weighted by atomic mass is 79.9. The first kappa shape index (κ1) is 17.1. The van der Waals surface area contributed by atoms with Gasteiger partial charge in [-0.1, -0.05) is 22.0 Å². The summed E-state index contributed by atoms with van der Waals surface area (Å²) in [6, 6.07) is 11.5. The molecule has 0 saturated carbocycles. The fourth-order valence-corrected chi connectivity index (χ4v) is 2.57. The number of rotatable bonds is 5. The summed E-state index contributed by atoms with van der Waals surface area (Å²) in [7, 11) is 3.21. The van der Waals surface area contributed by atoms with Crippen LogP contribution in [-0.4, -0.2) is 20.2 Å². The van der Waals surface area contributed by atoms with Gasteiger partial charge in [0.15, 0.2) is 5.96 Å². The van der Waals surface area contributed by atoms with Gasteiger partial charge in [-0.05, 0) is 42.3 Å². The van der Waals surface area contributed by atoms with Crippen molar-refractivity contribution in [3.8, 4) is 11.5 Å². The molecule has 0 aliphatic rings. The van der Waals surface area contributed by atoms with Crippen molar-refractivity contribution in [2.24, 2.45) is 10.7 Å². The molecule has 0 amide bonds. The van der Waals surface area contributed by atoms with Crippen LogP contribution >= 0.6 is 15.9 Å². The zero-order valence-electron chi connectivity index (χ0n) is 13.4. The normalized spacial score (nSPS) is 11.2. The quantitative estimate of drug-likeness (QED) is 0.615. The van der Waals surface area contributed by atoms with Crippen molar-refractivity contribution < 1.29 is 9.47 Å². The summed E-state index contributed by atoms with van der Waals surface area (Å²) in [6.45, 7) is 2.55. The van der Waals surface area contributed by atoms with Gasteiger partial charge in [0, 0.05) is 10.5 Å². The molecule has 0 aliphatic heterocycles. The van der Waals surface area contributed by atoms with E-state index in [1.165, 1.54) is 0 Å². The van der Waals surface area contributed by atoms with Gasteiger partial charge in [-0.25, -0.2) is 4.99 Å². The number of nitrogens with one attached hydrogen (secondary N) is 1. The predicted octanol–water partition coefficient (Wildman–Crippen LogP) is 3.70. The Morgan fingerprint density at radius 3 is 2.61 bits per heavy atom. The lowest BCUT2D eigenvalue weighted by Crippen LogP contribution is -2.23. The van der Waals surface area contributed by atoms with Gasteiger partial charge in [-0.2, -0.15) is 0 Å². The number of halogens is 1. The maximum absolute atomic E-state index is 5.98. The van der Waals surface area contributed by atoms with Crippen LogP contribution in [0.3, 0.4) is 0 Å². The van der Waals surface area contributed by atoms with E-state index in [1.807, 2.05) is 37.3 Å². The molecule has 0 spiro atoms. The largest absolute Gasteiger partial charge is 0.497 e. The molecule has 0 fully saturated rings. The van der Waals surface area contributed by atoms with Crippen LogP contribution in [0, 0.1) is 6.92 Å². The van der Waals surface area contributed by atoms with Crippen molar-refractivity contribution in [2.45, 2.75) is 13.5 Å². The van der Waals surface area contributed by atoms with Crippen LogP contribution in [-0.2, 0) is 6.54 Å². The summed E-state index contributed by atoms with van der Waals surface area (Å²) in [5.41, 5.74) is 8.97. The number of guanidine groups is 1. The van der Waals surface area contributed by atoms with E-state index in [0.717, 1.165) is 15.6 Å². The molecular weight excluding hydrogens is 358 g/mol. The van der Waals surface area contributed by atoms with Gasteiger partial charge >= 0.3 is 0 Å². The molecule has 0 aliphatic carbocycles. The summed E-state index contributed by atoms with van der Waals surface area (Å²) < 4.78 is 11.6. The van der Waals surface area contributed by atoms with Crippen LogP contribution in [0.15, 0.2) is 45.9 Å². The minimum absolute atomic E-state index is 0.318. The Balaban J connectivity index is 2.13. The molecule has 3 N–H and O–H groups in total. The van der Waals surface area contributed by atoms with E-state index in [0.29, 0.717) is 29.7 Å². The summed E-state index contributed by atoms with van der Waals surface area (Å²) in [5.74, 6) is 1.70. The van der Waals surface area contributed by atoms with Crippen molar-refractivity contribution in [1.29, 1.82) is 0 Å². The molecule has 0 bridgehead atoms. The fraction of sp³-hybridized carbons (Fsp3) is 0.235. The molecule has 0 aromatic heterocycles. The van der Waals surface area contributed by atoms with Gasteiger partial charge < -0.3 is 20.5 Å². The molecular formula is C17H20BrN3O2. The second-order valence-corrected chi connectivity index (χ2v) is 5.88. The summed E-state index contributed by atoms with van der Waals surface area (Å²) >= 11 is 3.45. The number of aryl methyl sites for hydroxylation is 1. The number of methoxy groups -OCH3 is 2. The molecule has 6 heteroatoms. The van der Waals surface area contributed by atoms with Gasteiger partial charge in [0.05, 0.1) is 26.5 Å². The van der Waals surface area contributed by atoms with Gasteiger partial charge in [0.1, 0.15) is 11.5 Å². The molecule has 0 radical (unpaired) electrons. The summed E-state index contributed by atoms with van der Waals surface area (Å²) in [5, 5.41) is 3.05. The Hall–Kier alpha value is -2.21. The minimum atomic E-state index is 0.318. The lowest BCUT2D eigenvalue weighted by Gasteiger charge is -2.12. The van der Waals surface area contributed by atoms with Crippen molar-refractivity contribution in [3.05, 3.63) is 52.0 Å². The van der Waals surface area contributed by atoms with E-state index < -0.39 is 0 Å². The second-order valence-electron chi connectivity index (χ2n) is 4.96. The van der Waals surface area contributed by atoms with Crippen LogP contribution in [0.1, 0.15) is 11.1 Å². The number of aliphatic imine (C=N–C) groups is 1. The fourth-order valence-electron chi connectivity index (χ4n) is 2.10. The maximum atomic E-state index is 5.98. The average molecular weight is 378 g/mol. The van der Waals surface area contributed by atoms with Gasteiger partial charge in [-0.15, -0.1) is 0 Å². The minimum Gasteiger partial charge on any atom is -0.497 e. The van der Waals surface area contributed by atoms with Crippen LogP contribution in [0.2, 0.25) is 0 Å². The molecule has 5 nitrogen and oxygen atoms in total. The van der Waals surface area contributed by atoms with E-state index in [2.05, 4.69) is 32.3 Å². The highest BCUT2D eigenvalue weighted by Crippen LogP contribution is 2.28. The van der Waals surface area contributed by atoms with Crippen LogP contribution in [0.25, 0.3) is 0 Å². The number of nitrogens with two attached hydrogens (primary N) is 1. The molecule has 0 heterocycles. The molecule has 0 unspecified atom stereocenters. The number of hydrogen-bond donors (Lipinski definition) is 2. The molecule has 2 rings (SSSR count). The first-order valence-corrected chi connectivity index (χ1v) is 7.86. The molecule has 0 saturated heterocycles. The van der Waals surface area contributed by atoms with Gasteiger partial charge in [-0.3, -0.25) is 0 Å². The topological polar surface area (TPSA) is 68.9 Å². The van der Waals surface area contributed by atoms with E-state index in [1.54, 1.807) is 14.2 Å². The Labute approximate surface area is 144 Å². The van der Waals surface area contributed by atoms with Crippen molar-refractivity contribution in [1.82, 2.24) is 0 Å². The van der Waals surface area contributed by atoms with Gasteiger partial charge in [0.2, 0.25) is 0 Å². The van der Waals surface area contributed by atoms with Crippen LogP contribution < -0.4 is 20.5 Å². The lowest BCUT2D eigenvalue weighted by atomic mass is 10.1. The summed E-state index contributed by atoms with van der Waals surface area (Å²) in [4.78, 5) is 4.38. The van der Waals surface area contributed by atoms with E-state index >= 15 is 0 Å². The number of hydrogen-bond acceptors (Lipinski definition) is 3. The van der Waals surface area contributed by atoms with E-state index in [4.69, 9.17) is 15.2 Å². The highest BCUT2D eigenvalue weighted by Gasteiger charge is 2.06. The third-order valence-corrected chi connectivity index (χ3v) is 3.89. The zero-order valence-corrected chi connectivity index (χ0v) is 15.0. The summed E-state index contributed by atoms with van der Waals surface area (Å²) in [6.07, 6.45) is 0. The molecule has 2 aromatic rings. The monoisotopic (exact) mass is 377 g/mol. The van der Waals surface area contributed by atoms with Crippen molar-refractivity contribution in [2.75, 3.05) is 19.5 Å². The Kier molecular flexibility index (Phi) is 5.87. The standard InChI is InChI=1S/C17H20BrN3O2/c1-11-8-13(18)5-4-12(11)10-20-17(19)21-15-9-14(22-2)6-7-16(15)23-3/h4-9H,10H2,1-3H3,(H3,19,20,21). The zero-order chi connectivity index (χ0) is 16.8. The smallest absolute Gasteiger partial charge is 0.193 e. The predicted molar refractivity (Wildman–Crippen MR) is 97.4 cm³/mol. The highest BCUT2D eigenvalue weighted by molar-refractivity contribution is 9.10. The number of benzene rings is 2. The Morgan fingerprint density at radius 1 is 1.17 bits per heavy atom. The first-order valence-electron chi connectivity index (χ1n) is 7.07. The second kappa shape index (κ2) is 7.87. The Morgan fingerprint density at radius 2 is 1.96 bits per heavy atom. The third kappa shape index (κ3) is 4.63. The average Bonchev–Trinajstić information content (AvgIpc) is 2.54. The lowest BCUT2D eigenvalue weighted by molar-refractivity contribution is 0.405. The molecule has 122 valence electrons. The number of nitrogens with zero attached hydrogens (tertiary/aromatic N) is 1. The molecule has 0 atom stereocenters. The van der Waals surface area contributed by atoms with E-state index in [9.17, 15) is 0 Å². The van der Waals surface area contributed by atoms with Crippen molar-refractivity contribution >= 4 is 27.6 Å². The maximum Gasteiger partial charge on any atom is 0.193 e. The molecule has 2 aromatic carbocycles. The van der Waals surface area contributed by atoms with Crippen LogP contribution in [0.4, 0.5) is 5.69 Å². The number of anilines is 1. The number of ether oxygens (including phenoxy) is 2. The van der Waals surface area contributed by atoms with Gasteiger partial charge in [0.25, 0.3) is 0 Å². The Bertz CT molecular complexity index is 717. The van der Waals surface area contributed by atoms with Crippen molar-refractivity contribution in [3.63, 3.8) is 0 Å². The third-order valence-electron chi connectivity index (χ3n) is 3.39. The van der Waals surface area contributed by atoms with Crippen LogP contribution in [0.5, 0.6) is 11.5 Å². The van der Waals surface area contributed by atoms with E-state index in [-0.39, 0.29) is 0 Å². The molecule has 23 heavy (non-hydrogen) atoms. The first-order chi connectivity index (χ1) is 11.0.